The Morgan fingerprint density at radius 1 is 1.04 bits per heavy atom. The first-order chi connectivity index (χ1) is 13.4. The summed E-state index contributed by atoms with van der Waals surface area (Å²) in [4.78, 5) is 48.1. The van der Waals surface area contributed by atoms with Crippen LogP contribution in [0.3, 0.4) is 0 Å². The van der Waals surface area contributed by atoms with Gasteiger partial charge >= 0.3 is 0 Å². The first kappa shape index (κ1) is 19.5. The molecular formula is C19H16ClN3O5. The van der Waals surface area contributed by atoms with Gasteiger partial charge in [0.1, 0.15) is 0 Å². The van der Waals surface area contributed by atoms with Gasteiger partial charge in [0.05, 0.1) is 11.5 Å². The Kier molecular flexibility index (Phi) is 5.70. The molecule has 9 heteroatoms. The number of hydrogen-bond donors (Lipinski definition) is 0. The summed E-state index contributed by atoms with van der Waals surface area (Å²) >= 11 is 5.86. The maximum Gasteiger partial charge on any atom is 0.273 e. The summed E-state index contributed by atoms with van der Waals surface area (Å²) in [6.45, 7) is -0.0864. The fraction of sp³-hybridized carbons (Fsp3) is 0.211. The van der Waals surface area contributed by atoms with Crippen LogP contribution in [0.5, 0.6) is 0 Å². The Morgan fingerprint density at radius 2 is 1.61 bits per heavy atom. The number of amides is 3. The van der Waals surface area contributed by atoms with Crippen molar-refractivity contribution in [2.24, 2.45) is 0 Å². The van der Waals surface area contributed by atoms with Gasteiger partial charge in [0.2, 0.25) is 11.8 Å². The number of benzene rings is 2. The number of imide groups is 1. The molecule has 144 valence electrons. The number of nitro groups is 1. The standard InChI is InChI=1S/C19H16ClN3O5/c20-15-8-6-14(7-9-15)19(26)21(22-17(24)2-1-3-18(22)25)12-13-4-10-16(11-5-13)23(27)28/h4-11H,1-3,12H2. The van der Waals surface area contributed by atoms with Crippen molar-refractivity contribution < 1.29 is 19.3 Å². The number of hydrazine groups is 1. The number of nitro benzene ring substituents is 1. The van der Waals surface area contributed by atoms with Gasteiger partial charge in [0.15, 0.2) is 0 Å². The lowest BCUT2D eigenvalue weighted by Gasteiger charge is -2.35. The number of carbonyl (C=O) groups is 3. The molecule has 0 bridgehead atoms. The molecule has 2 aromatic carbocycles. The average Bonchev–Trinajstić information content (AvgIpc) is 2.67. The largest absolute Gasteiger partial charge is 0.273 e. The van der Waals surface area contributed by atoms with E-state index in [1.54, 1.807) is 12.1 Å². The van der Waals surface area contributed by atoms with E-state index in [2.05, 4.69) is 0 Å². The van der Waals surface area contributed by atoms with Crippen molar-refractivity contribution in [3.8, 4) is 0 Å². The van der Waals surface area contributed by atoms with Crippen molar-refractivity contribution in [3.05, 3.63) is 74.8 Å². The van der Waals surface area contributed by atoms with E-state index in [0.29, 0.717) is 17.0 Å². The molecule has 0 N–H and O–H groups in total. The van der Waals surface area contributed by atoms with Crippen LogP contribution in [-0.2, 0) is 16.1 Å². The quantitative estimate of drug-likeness (QED) is 0.434. The molecule has 1 aliphatic rings. The summed E-state index contributed by atoms with van der Waals surface area (Å²) in [5.41, 5.74) is 0.709. The Labute approximate surface area is 165 Å². The average molecular weight is 402 g/mol. The van der Waals surface area contributed by atoms with E-state index in [1.807, 2.05) is 0 Å². The minimum absolute atomic E-state index is 0.0864. The number of non-ortho nitro benzene ring substituents is 1. The summed E-state index contributed by atoms with van der Waals surface area (Å²) in [6, 6.07) is 11.7. The third kappa shape index (κ3) is 4.17. The number of carbonyl (C=O) groups excluding carboxylic acids is 3. The van der Waals surface area contributed by atoms with Gasteiger partial charge in [-0.3, -0.25) is 24.5 Å². The van der Waals surface area contributed by atoms with Gasteiger partial charge in [-0.05, 0) is 36.2 Å². The number of piperidine rings is 1. The maximum atomic E-state index is 13.1. The van der Waals surface area contributed by atoms with E-state index in [-0.39, 0.29) is 30.6 Å². The third-order valence-corrected chi connectivity index (χ3v) is 4.55. The summed E-state index contributed by atoms with van der Waals surface area (Å²) in [6.07, 6.45) is 0.765. The molecule has 3 amide bonds. The van der Waals surface area contributed by atoms with Crippen LogP contribution in [0, 0.1) is 10.1 Å². The molecule has 1 saturated heterocycles. The fourth-order valence-corrected chi connectivity index (χ4v) is 3.01. The lowest BCUT2D eigenvalue weighted by Crippen LogP contribution is -2.54. The second-order valence-electron chi connectivity index (χ2n) is 6.25. The van der Waals surface area contributed by atoms with Gasteiger partial charge in [-0.15, -0.1) is 0 Å². The van der Waals surface area contributed by atoms with Crippen molar-refractivity contribution in [2.45, 2.75) is 25.8 Å². The second-order valence-corrected chi connectivity index (χ2v) is 6.68. The van der Waals surface area contributed by atoms with E-state index in [4.69, 9.17) is 11.6 Å². The molecular weight excluding hydrogens is 386 g/mol. The highest BCUT2D eigenvalue weighted by Crippen LogP contribution is 2.22. The molecule has 0 atom stereocenters. The molecule has 1 fully saturated rings. The summed E-state index contributed by atoms with van der Waals surface area (Å²) in [7, 11) is 0. The molecule has 0 radical (unpaired) electrons. The number of hydrogen-bond acceptors (Lipinski definition) is 5. The Morgan fingerprint density at radius 3 is 2.14 bits per heavy atom. The Balaban J connectivity index is 1.94. The highest BCUT2D eigenvalue weighted by atomic mass is 35.5. The van der Waals surface area contributed by atoms with Crippen LogP contribution >= 0.6 is 11.6 Å². The molecule has 0 saturated carbocycles. The van der Waals surface area contributed by atoms with Gasteiger partial charge < -0.3 is 0 Å². The van der Waals surface area contributed by atoms with Crippen molar-refractivity contribution in [1.29, 1.82) is 0 Å². The SMILES string of the molecule is O=C(c1ccc(Cl)cc1)N(Cc1ccc([N+](=O)[O-])cc1)N1C(=O)CCCC1=O. The summed E-state index contributed by atoms with van der Waals surface area (Å²) < 4.78 is 0. The van der Waals surface area contributed by atoms with Crippen LogP contribution in [0.2, 0.25) is 5.02 Å². The zero-order valence-electron chi connectivity index (χ0n) is 14.7. The van der Waals surface area contributed by atoms with Crippen molar-refractivity contribution >= 4 is 35.0 Å². The van der Waals surface area contributed by atoms with Crippen LogP contribution in [0.1, 0.15) is 35.2 Å². The van der Waals surface area contributed by atoms with Crippen LogP contribution in [0.4, 0.5) is 5.69 Å². The van der Waals surface area contributed by atoms with Crippen LogP contribution < -0.4 is 0 Å². The minimum Gasteiger partial charge on any atom is -0.273 e. The molecule has 0 unspecified atom stereocenters. The second kappa shape index (κ2) is 8.18. The molecule has 1 heterocycles. The van der Waals surface area contributed by atoms with Crippen molar-refractivity contribution in [1.82, 2.24) is 10.0 Å². The molecule has 28 heavy (non-hydrogen) atoms. The van der Waals surface area contributed by atoms with Gasteiger partial charge in [0, 0.05) is 35.6 Å². The lowest BCUT2D eigenvalue weighted by molar-refractivity contribution is -0.384. The van der Waals surface area contributed by atoms with Crippen LogP contribution in [0.25, 0.3) is 0 Å². The van der Waals surface area contributed by atoms with Crippen molar-refractivity contribution in [3.63, 3.8) is 0 Å². The molecule has 0 spiro atoms. The Bertz CT molecular complexity index is 912. The zero-order valence-corrected chi connectivity index (χ0v) is 15.5. The molecule has 8 nitrogen and oxygen atoms in total. The molecule has 3 rings (SSSR count). The number of nitrogens with zero attached hydrogens (tertiary/aromatic N) is 3. The van der Waals surface area contributed by atoms with E-state index in [9.17, 15) is 24.5 Å². The summed E-state index contributed by atoms with van der Waals surface area (Å²) in [5, 5.41) is 13.2. The number of rotatable bonds is 5. The first-order valence-electron chi connectivity index (χ1n) is 8.53. The smallest absolute Gasteiger partial charge is 0.273 e. The monoisotopic (exact) mass is 401 g/mol. The minimum atomic E-state index is -0.543. The van der Waals surface area contributed by atoms with E-state index in [1.165, 1.54) is 36.4 Å². The van der Waals surface area contributed by atoms with Gasteiger partial charge in [-0.25, -0.2) is 5.01 Å². The predicted octanol–water partition coefficient (Wildman–Crippen LogP) is 3.34. The normalized spacial score (nSPS) is 14.1. The van der Waals surface area contributed by atoms with Gasteiger partial charge in [-0.1, -0.05) is 23.7 Å². The number of halogens is 1. The van der Waals surface area contributed by atoms with E-state index < -0.39 is 22.6 Å². The fourth-order valence-electron chi connectivity index (χ4n) is 2.88. The van der Waals surface area contributed by atoms with Crippen LogP contribution in [-0.4, -0.2) is 32.7 Å². The Hall–Kier alpha value is -3.26. The van der Waals surface area contributed by atoms with Crippen LogP contribution in [0.15, 0.2) is 48.5 Å². The highest BCUT2D eigenvalue weighted by Gasteiger charge is 2.34. The third-order valence-electron chi connectivity index (χ3n) is 4.30. The van der Waals surface area contributed by atoms with Gasteiger partial charge in [0.25, 0.3) is 11.6 Å². The highest BCUT2D eigenvalue weighted by molar-refractivity contribution is 6.30. The first-order valence-corrected chi connectivity index (χ1v) is 8.91. The molecule has 0 aliphatic carbocycles. The predicted molar refractivity (Wildman–Crippen MR) is 100 cm³/mol. The molecule has 1 aliphatic heterocycles. The topological polar surface area (TPSA) is 101 Å². The lowest BCUT2D eigenvalue weighted by atomic mass is 10.1. The van der Waals surface area contributed by atoms with E-state index in [0.717, 1.165) is 10.0 Å². The van der Waals surface area contributed by atoms with Gasteiger partial charge in [-0.2, -0.15) is 5.01 Å². The molecule has 2 aromatic rings. The van der Waals surface area contributed by atoms with E-state index >= 15 is 0 Å². The summed E-state index contributed by atoms with van der Waals surface area (Å²) in [5.74, 6) is -1.46. The zero-order chi connectivity index (χ0) is 20.3. The maximum absolute atomic E-state index is 13.1. The molecule has 0 aromatic heterocycles. The van der Waals surface area contributed by atoms with Crippen molar-refractivity contribution in [2.75, 3.05) is 0 Å².